The number of carbonyl (C=O) groups excluding carboxylic acids is 1. The van der Waals surface area contributed by atoms with Gasteiger partial charge in [-0.3, -0.25) is 4.79 Å². The first-order valence-electron chi connectivity index (χ1n) is 6.91. The maximum atomic E-state index is 11.4. The van der Waals surface area contributed by atoms with E-state index in [1.54, 1.807) is 0 Å². The molecule has 1 aliphatic heterocycles. The molecule has 2 aromatic rings. The summed E-state index contributed by atoms with van der Waals surface area (Å²) in [7, 11) is 0. The van der Waals surface area contributed by atoms with Crippen LogP contribution in [0.15, 0.2) is 40.9 Å². The largest absolute Gasteiger partial charge is 0.384 e. The number of carbonyl (C=O) groups is 1. The number of hydrogen-bond acceptors (Lipinski definition) is 2. The lowest BCUT2D eigenvalue weighted by atomic mass is 9.95. The number of benzene rings is 2. The van der Waals surface area contributed by atoms with Gasteiger partial charge in [-0.2, -0.15) is 0 Å². The lowest BCUT2D eigenvalue weighted by Crippen LogP contribution is -2.19. The first-order valence-corrected chi connectivity index (χ1v) is 7.70. The van der Waals surface area contributed by atoms with E-state index in [4.69, 9.17) is 0 Å². The summed E-state index contributed by atoms with van der Waals surface area (Å²) >= 11 is 3.47. The Morgan fingerprint density at radius 2 is 1.86 bits per heavy atom. The molecular formula is C17H16BrNO2. The molecule has 4 heteroatoms. The van der Waals surface area contributed by atoms with Gasteiger partial charge in [0.05, 0.1) is 0 Å². The smallest absolute Gasteiger partial charge is 0.224 e. The second kappa shape index (κ2) is 5.62. The number of halogens is 1. The van der Waals surface area contributed by atoms with Crippen LogP contribution in [-0.4, -0.2) is 11.0 Å². The maximum absolute atomic E-state index is 11.4. The highest BCUT2D eigenvalue weighted by molar-refractivity contribution is 9.10. The summed E-state index contributed by atoms with van der Waals surface area (Å²) in [6.07, 6.45) is 0.574. The Labute approximate surface area is 132 Å². The summed E-state index contributed by atoms with van der Waals surface area (Å²) in [5.41, 5.74) is 4.76. The van der Waals surface area contributed by atoms with E-state index in [0.29, 0.717) is 6.42 Å². The molecule has 0 saturated heterocycles. The lowest BCUT2D eigenvalue weighted by Gasteiger charge is -2.20. The van der Waals surface area contributed by atoms with E-state index in [2.05, 4.69) is 21.2 Å². The van der Waals surface area contributed by atoms with E-state index >= 15 is 0 Å². The van der Waals surface area contributed by atoms with Crippen molar-refractivity contribution in [2.24, 2.45) is 0 Å². The predicted molar refractivity (Wildman–Crippen MR) is 86.3 cm³/mol. The molecule has 0 spiro atoms. The van der Waals surface area contributed by atoms with Gasteiger partial charge in [-0.05, 0) is 47.7 Å². The lowest BCUT2D eigenvalue weighted by molar-refractivity contribution is -0.116. The third-order valence-corrected chi connectivity index (χ3v) is 4.73. The zero-order valence-corrected chi connectivity index (χ0v) is 13.3. The quantitative estimate of drug-likeness (QED) is 0.871. The van der Waals surface area contributed by atoms with Gasteiger partial charge in [-0.1, -0.05) is 40.2 Å². The summed E-state index contributed by atoms with van der Waals surface area (Å²) in [6.45, 7) is 2.00. The van der Waals surface area contributed by atoms with Gasteiger partial charge in [0.25, 0.3) is 0 Å². The van der Waals surface area contributed by atoms with Crippen molar-refractivity contribution in [1.82, 2.24) is 0 Å². The van der Waals surface area contributed by atoms with Gasteiger partial charge >= 0.3 is 0 Å². The summed E-state index contributed by atoms with van der Waals surface area (Å²) in [5.74, 6) is 0.0549. The average molecular weight is 346 g/mol. The van der Waals surface area contributed by atoms with Crippen LogP contribution in [0.3, 0.4) is 0 Å². The number of nitrogens with one attached hydrogen (secondary N) is 1. The summed E-state index contributed by atoms with van der Waals surface area (Å²) < 4.78 is 1.03. The summed E-state index contributed by atoms with van der Waals surface area (Å²) in [5, 5.41) is 13.4. The first kappa shape index (κ1) is 14.3. The number of rotatable bonds is 2. The number of fused-ring (bicyclic) bond motifs is 1. The van der Waals surface area contributed by atoms with Gasteiger partial charge in [-0.15, -0.1) is 0 Å². The molecule has 0 aliphatic carbocycles. The molecule has 2 N–H and O–H groups in total. The van der Waals surface area contributed by atoms with Crippen LogP contribution < -0.4 is 5.32 Å². The summed E-state index contributed by atoms with van der Waals surface area (Å²) in [6, 6.07) is 11.6. The molecule has 3 rings (SSSR count). The number of aliphatic hydroxyl groups excluding tert-OH is 1. The second-order valence-corrected chi connectivity index (χ2v) is 6.23. The molecule has 1 unspecified atom stereocenters. The van der Waals surface area contributed by atoms with Crippen molar-refractivity contribution < 1.29 is 9.90 Å². The van der Waals surface area contributed by atoms with Gasteiger partial charge < -0.3 is 10.4 Å². The number of aryl methyl sites for hydroxylation is 2. The van der Waals surface area contributed by atoms with Crippen molar-refractivity contribution in [2.45, 2.75) is 25.9 Å². The van der Waals surface area contributed by atoms with Crippen LogP contribution in [0, 0.1) is 6.92 Å². The minimum Gasteiger partial charge on any atom is -0.384 e. The van der Waals surface area contributed by atoms with Gasteiger partial charge in [0, 0.05) is 16.6 Å². The van der Waals surface area contributed by atoms with Crippen molar-refractivity contribution in [3.63, 3.8) is 0 Å². The standard InChI is InChI=1S/C17H16BrNO2/c1-10-8-12(2-5-14(10)18)17(21)13-3-6-15-11(9-13)4-7-16(20)19-15/h2-3,5-6,8-9,17,21H,4,7H2,1H3,(H,19,20). The van der Waals surface area contributed by atoms with Crippen molar-refractivity contribution in [3.8, 4) is 0 Å². The summed E-state index contributed by atoms with van der Waals surface area (Å²) in [4.78, 5) is 11.4. The van der Waals surface area contributed by atoms with E-state index in [-0.39, 0.29) is 5.91 Å². The normalized spacial score (nSPS) is 15.3. The highest BCUT2D eigenvalue weighted by Crippen LogP contribution is 2.30. The molecular weight excluding hydrogens is 330 g/mol. The molecule has 0 bridgehead atoms. The fraction of sp³-hybridized carbons (Fsp3) is 0.235. The SMILES string of the molecule is Cc1cc(C(O)c2ccc3c(c2)CCC(=O)N3)ccc1Br. The molecule has 0 fully saturated rings. The number of hydrogen-bond donors (Lipinski definition) is 2. The monoisotopic (exact) mass is 345 g/mol. The van der Waals surface area contributed by atoms with Crippen LogP contribution in [-0.2, 0) is 11.2 Å². The Morgan fingerprint density at radius 1 is 1.14 bits per heavy atom. The molecule has 0 saturated carbocycles. The van der Waals surface area contributed by atoms with Crippen LogP contribution in [0.25, 0.3) is 0 Å². The zero-order chi connectivity index (χ0) is 15.0. The molecule has 0 aromatic heterocycles. The third kappa shape index (κ3) is 2.87. The second-order valence-electron chi connectivity index (χ2n) is 5.38. The minimum atomic E-state index is -0.653. The van der Waals surface area contributed by atoms with E-state index in [9.17, 15) is 9.90 Å². The fourth-order valence-corrected chi connectivity index (χ4v) is 2.85. The van der Waals surface area contributed by atoms with Gasteiger partial charge in [-0.25, -0.2) is 0 Å². The molecule has 1 heterocycles. The van der Waals surface area contributed by atoms with Crippen molar-refractivity contribution in [1.29, 1.82) is 0 Å². The number of aliphatic hydroxyl groups is 1. The highest BCUT2D eigenvalue weighted by atomic mass is 79.9. The average Bonchev–Trinajstić information content (AvgIpc) is 2.49. The van der Waals surface area contributed by atoms with Gasteiger partial charge in [0.1, 0.15) is 6.10 Å². The van der Waals surface area contributed by atoms with Crippen molar-refractivity contribution in [3.05, 3.63) is 63.1 Å². The Hall–Kier alpha value is -1.65. The number of amides is 1. The maximum Gasteiger partial charge on any atom is 0.224 e. The van der Waals surface area contributed by atoms with Crippen molar-refractivity contribution in [2.75, 3.05) is 5.32 Å². The van der Waals surface area contributed by atoms with Crippen LogP contribution in [0.1, 0.15) is 34.8 Å². The molecule has 0 radical (unpaired) electrons. The van der Waals surface area contributed by atoms with Crippen LogP contribution in [0.2, 0.25) is 0 Å². The van der Waals surface area contributed by atoms with Crippen LogP contribution >= 0.6 is 15.9 Å². The zero-order valence-electron chi connectivity index (χ0n) is 11.7. The molecule has 1 atom stereocenters. The highest BCUT2D eigenvalue weighted by Gasteiger charge is 2.18. The number of anilines is 1. The Kier molecular flexibility index (Phi) is 3.83. The van der Waals surface area contributed by atoms with E-state index < -0.39 is 6.10 Å². The van der Waals surface area contributed by atoms with E-state index in [1.807, 2.05) is 43.3 Å². The Balaban J connectivity index is 1.93. The molecule has 2 aromatic carbocycles. The predicted octanol–water partition coefficient (Wildman–Crippen LogP) is 3.72. The van der Waals surface area contributed by atoms with Crippen LogP contribution in [0.4, 0.5) is 5.69 Å². The van der Waals surface area contributed by atoms with E-state index in [0.717, 1.165) is 38.8 Å². The fourth-order valence-electron chi connectivity index (χ4n) is 2.60. The van der Waals surface area contributed by atoms with Gasteiger partial charge in [0.15, 0.2) is 0 Å². The first-order chi connectivity index (χ1) is 10.0. The Morgan fingerprint density at radius 3 is 2.62 bits per heavy atom. The molecule has 3 nitrogen and oxygen atoms in total. The van der Waals surface area contributed by atoms with Crippen molar-refractivity contribution >= 4 is 27.5 Å². The molecule has 1 amide bonds. The van der Waals surface area contributed by atoms with Gasteiger partial charge in [0.2, 0.25) is 5.91 Å². The van der Waals surface area contributed by atoms with Crippen LogP contribution in [0.5, 0.6) is 0 Å². The third-order valence-electron chi connectivity index (χ3n) is 3.84. The molecule has 1 aliphatic rings. The topological polar surface area (TPSA) is 49.3 Å². The Bertz CT molecular complexity index is 712. The molecule has 21 heavy (non-hydrogen) atoms. The minimum absolute atomic E-state index is 0.0549. The molecule has 108 valence electrons. The van der Waals surface area contributed by atoms with E-state index in [1.165, 1.54) is 0 Å².